The lowest BCUT2D eigenvalue weighted by atomic mass is 10.2. The van der Waals surface area contributed by atoms with Crippen LogP contribution in [0.4, 0.5) is 5.82 Å². The molecule has 1 N–H and O–H groups in total. The minimum Gasteiger partial charge on any atom is -0.370 e. The molecule has 0 bridgehead atoms. The van der Waals surface area contributed by atoms with Crippen LogP contribution in [0.25, 0.3) is 0 Å². The molecule has 0 atom stereocenters. The average molecular weight is 282 g/mol. The van der Waals surface area contributed by atoms with Crippen LogP contribution in [0.5, 0.6) is 0 Å². The molecule has 1 aliphatic rings. The van der Waals surface area contributed by atoms with Crippen LogP contribution >= 0.6 is 15.9 Å². The number of nitrogens with zero attached hydrogens (tertiary/aromatic N) is 2. The zero-order valence-corrected chi connectivity index (χ0v) is 11.0. The Balaban J connectivity index is 1.84. The van der Waals surface area contributed by atoms with E-state index in [1.165, 1.54) is 19.3 Å². The Kier molecular flexibility index (Phi) is 3.93. The normalized spacial score (nSPS) is 15.0. The zero-order valence-electron chi connectivity index (χ0n) is 9.46. The second kappa shape index (κ2) is 5.43. The predicted octanol–water partition coefficient (Wildman–Crippen LogP) is 3.46. The van der Waals surface area contributed by atoms with E-state index in [9.17, 15) is 0 Å². The summed E-state index contributed by atoms with van der Waals surface area (Å²) in [5.74, 6) is 1.69. The highest BCUT2D eigenvalue weighted by atomic mass is 79.9. The van der Waals surface area contributed by atoms with E-state index in [4.69, 9.17) is 0 Å². The van der Waals surface area contributed by atoms with Gasteiger partial charge < -0.3 is 5.32 Å². The van der Waals surface area contributed by atoms with Crippen molar-refractivity contribution in [2.75, 3.05) is 11.9 Å². The first-order valence-corrected chi connectivity index (χ1v) is 6.46. The summed E-state index contributed by atoms with van der Waals surface area (Å²) in [5, 5.41) is 3.33. The van der Waals surface area contributed by atoms with Gasteiger partial charge >= 0.3 is 0 Å². The number of halogens is 1. The Morgan fingerprint density at radius 2 is 2.31 bits per heavy atom. The summed E-state index contributed by atoms with van der Waals surface area (Å²) in [5.41, 5.74) is 1.58. The van der Waals surface area contributed by atoms with E-state index in [0.29, 0.717) is 0 Å². The predicted molar refractivity (Wildman–Crippen MR) is 69.5 cm³/mol. The topological polar surface area (TPSA) is 37.8 Å². The summed E-state index contributed by atoms with van der Waals surface area (Å²) in [7, 11) is 0. The first-order valence-electron chi connectivity index (χ1n) is 5.67. The van der Waals surface area contributed by atoms with Gasteiger partial charge in [-0.2, -0.15) is 0 Å². The molecule has 0 unspecified atom stereocenters. The molecule has 0 spiro atoms. The smallest absolute Gasteiger partial charge is 0.130 e. The van der Waals surface area contributed by atoms with Gasteiger partial charge in [0, 0.05) is 12.6 Å². The van der Waals surface area contributed by atoms with Crippen molar-refractivity contribution in [3.63, 3.8) is 0 Å². The minimum atomic E-state index is 0.789. The van der Waals surface area contributed by atoms with E-state index >= 15 is 0 Å². The van der Waals surface area contributed by atoms with Crippen LogP contribution in [-0.4, -0.2) is 16.5 Å². The molecular weight excluding hydrogens is 266 g/mol. The highest BCUT2D eigenvalue weighted by Crippen LogP contribution is 2.20. The molecule has 0 saturated carbocycles. The number of aromatic nitrogens is 2. The van der Waals surface area contributed by atoms with Crippen molar-refractivity contribution < 1.29 is 0 Å². The molecule has 0 saturated heterocycles. The van der Waals surface area contributed by atoms with Crippen LogP contribution in [0.3, 0.4) is 0 Å². The molecule has 0 aromatic carbocycles. The molecule has 1 aromatic heterocycles. The van der Waals surface area contributed by atoms with Crippen molar-refractivity contribution in [3.05, 3.63) is 28.1 Å². The number of nitrogens with one attached hydrogen (secondary N) is 1. The maximum Gasteiger partial charge on any atom is 0.130 e. The zero-order chi connectivity index (χ0) is 11.4. The van der Waals surface area contributed by atoms with Gasteiger partial charge in [0.1, 0.15) is 16.2 Å². The van der Waals surface area contributed by atoms with Gasteiger partial charge in [-0.1, -0.05) is 11.6 Å². The van der Waals surface area contributed by atoms with E-state index in [-0.39, 0.29) is 0 Å². The van der Waals surface area contributed by atoms with Gasteiger partial charge in [0.15, 0.2) is 0 Å². The van der Waals surface area contributed by atoms with Crippen LogP contribution in [0, 0.1) is 6.92 Å². The molecule has 1 aromatic rings. The van der Waals surface area contributed by atoms with Crippen molar-refractivity contribution in [3.8, 4) is 0 Å². The molecule has 0 aliphatic heterocycles. The van der Waals surface area contributed by atoms with Gasteiger partial charge in [-0.15, -0.1) is 0 Å². The fourth-order valence-electron chi connectivity index (χ4n) is 1.94. The van der Waals surface area contributed by atoms with Crippen molar-refractivity contribution in [2.24, 2.45) is 0 Å². The van der Waals surface area contributed by atoms with Gasteiger partial charge in [0.2, 0.25) is 0 Å². The number of anilines is 1. The molecule has 3 nitrogen and oxygen atoms in total. The Bertz CT molecular complexity index is 381. The summed E-state index contributed by atoms with van der Waals surface area (Å²) in [6, 6.07) is 1.91. The summed E-state index contributed by atoms with van der Waals surface area (Å²) >= 11 is 3.37. The molecule has 16 heavy (non-hydrogen) atoms. The maximum atomic E-state index is 4.33. The average Bonchev–Trinajstić information content (AvgIpc) is 2.69. The third-order valence-corrected chi connectivity index (χ3v) is 3.10. The molecule has 1 heterocycles. The Labute approximate surface area is 105 Å². The summed E-state index contributed by atoms with van der Waals surface area (Å²) in [4.78, 5) is 8.50. The Hall–Kier alpha value is -0.900. The maximum absolute atomic E-state index is 4.33. The lowest BCUT2D eigenvalue weighted by Gasteiger charge is -2.07. The van der Waals surface area contributed by atoms with Crippen LogP contribution in [0.1, 0.15) is 31.5 Å². The minimum absolute atomic E-state index is 0.789. The molecular formula is C12H16BrN3. The Morgan fingerprint density at radius 3 is 3.00 bits per heavy atom. The summed E-state index contributed by atoms with van der Waals surface area (Å²) in [6.07, 6.45) is 7.35. The number of rotatable bonds is 4. The number of allylic oxidation sites excluding steroid dienone is 1. The molecule has 0 radical (unpaired) electrons. The van der Waals surface area contributed by atoms with Gasteiger partial charge in [-0.05, 0) is 48.5 Å². The molecule has 86 valence electrons. The van der Waals surface area contributed by atoms with Gasteiger partial charge in [0.25, 0.3) is 0 Å². The standard InChI is InChI=1S/C12H16BrN3/c1-9-15-11(13)8-12(16-9)14-7-6-10-4-2-3-5-10/h4,8H,2-3,5-7H2,1H3,(H,14,15,16). The van der Waals surface area contributed by atoms with Crippen molar-refractivity contribution in [2.45, 2.75) is 32.6 Å². The second-order valence-corrected chi connectivity index (χ2v) is 4.87. The van der Waals surface area contributed by atoms with Gasteiger partial charge in [0.05, 0.1) is 0 Å². The molecule has 0 fully saturated rings. The van der Waals surface area contributed by atoms with E-state index in [2.05, 4.69) is 37.3 Å². The van der Waals surface area contributed by atoms with Crippen LogP contribution in [-0.2, 0) is 0 Å². The first kappa shape index (κ1) is 11.6. The second-order valence-electron chi connectivity index (χ2n) is 4.05. The van der Waals surface area contributed by atoms with Crippen LogP contribution < -0.4 is 5.32 Å². The van der Waals surface area contributed by atoms with Gasteiger partial charge in [-0.25, -0.2) is 9.97 Å². The SMILES string of the molecule is Cc1nc(Br)cc(NCCC2=CCCC2)n1. The monoisotopic (exact) mass is 281 g/mol. The van der Waals surface area contributed by atoms with Crippen molar-refractivity contribution in [1.82, 2.24) is 9.97 Å². The first-order chi connectivity index (χ1) is 7.74. The van der Waals surface area contributed by atoms with Crippen LogP contribution in [0.15, 0.2) is 22.3 Å². The third-order valence-electron chi connectivity index (χ3n) is 2.69. The van der Waals surface area contributed by atoms with Crippen molar-refractivity contribution >= 4 is 21.7 Å². The Morgan fingerprint density at radius 1 is 1.44 bits per heavy atom. The highest BCUT2D eigenvalue weighted by Gasteiger charge is 2.04. The molecule has 2 rings (SSSR count). The lowest BCUT2D eigenvalue weighted by Crippen LogP contribution is -2.05. The quantitative estimate of drug-likeness (QED) is 0.679. The number of hydrogen-bond acceptors (Lipinski definition) is 3. The third kappa shape index (κ3) is 3.30. The molecule has 0 amide bonds. The fourth-order valence-corrected chi connectivity index (χ4v) is 2.41. The summed E-state index contributed by atoms with van der Waals surface area (Å²) < 4.78 is 0.836. The van der Waals surface area contributed by atoms with E-state index in [1.807, 2.05) is 13.0 Å². The van der Waals surface area contributed by atoms with E-state index < -0.39 is 0 Å². The fraction of sp³-hybridized carbons (Fsp3) is 0.500. The van der Waals surface area contributed by atoms with E-state index in [1.54, 1.807) is 5.57 Å². The molecule has 4 heteroatoms. The number of hydrogen-bond donors (Lipinski definition) is 1. The van der Waals surface area contributed by atoms with Crippen molar-refractivity contribution in [1.29, 1.82) is 0 Å². The van der Waals surface area contributed by atoms with Crippen LogP contribution in [0.2, 0.25) is 0 Å². The summed E-state index contributed by atoms with van der Waals surface area (Å²) in [6.45, 7) is 2.85. The van der Waals surface area contributed by atoms with Gasteiger partial charge in [-0.3, -0.25) is 0 Å². The van der Waals surface area contributed by atoms with E-state index in [0.717, 1.165) is 29.2 Å². The number of aryl methyl sites for hydroxylation is 1. The molecule has 1 aliphatic carbocycles. The lowest BCUT2D eigenvalue weighted by molar-refractivity contribution is 0.860. The largest absolute Gasteiger partial charge is 0.370 e. The highest BCUT2D eigenvalue weighted by molar-refractivity contribution is 9.10.